The molecule has 4 nitrogen and oxygen atoms in total. The predicted octanol–water partition coefficient (Wildman–Crippen LogP) is 3.58. The summed E-state index contributed by atoms with van der Waals surface area (Å²) in [5.74, 6) is -0.0165. The molecule has 26 heavy (non-hydrogen) atoms. The Bertz CT molecular complexity index is 575. The second-order valence-corrected chi connectivity index (χ2v) is 8.22. The summed E-state index contributed by atoms with van der Waals surface area (Å²) in [6, 6.07) is 9.19. The van der Waals surface area contributed by atoms with E-state index in [1.807, 2.05) is 0 Å². The summed E-state index contributed by atoms with van der Waals surface area (Å²) in [5.41, 5.74) is 2.85. The van der Waals surface area contributed by atoms with Gasteiger partial charge in [-0.15, -0.1) is 0 Å². The summed E-state index contributed by atoms with van der Waals surface area (Å²) in [7, 11) is 0. The van der Waals surface area contributed by atoms with E-state index < -0.39 is 5.97 Å². The van der Waals surface area contributed by atoms with E-state index in [2.05, 4.69) is 41.0 Å². The number of carboxylic acids is 1. The molecule has 0 radical (unpaired) electrons. The van der Waals surface area contributed by atoms with Gasteiger partial charge in [0, 0.05) is 19.1 Å². The summed E-state index contributed by atoms with van der Waals surface area (Å²) < 4.78 is 0. The van der Waals surface area contributed by atoms with E-state index in [0.29, 0.717) is 12.0 Å². The predicted molar refractivity (Wildman–Crippen MR) is 106 cm³/mol. The number of piperidine rings is 1. The van der Waals surface area contributed by atoms with Crippen molar-refractivity contribution in [1.29, 1.82) is 0 Å². The molecule has 2 fully saturated rings. The summed E-state index contributed by atoms with van der Waals surface area (Å²) >= 11 is 0. The van der Waals surface area contributed by atoms with Gasteiger partial charge in [0.05, 0.1) is 6.54 Å². The van der Waals surface area contributed by atoms with E-state index in [9.17, 15) is 9.90 Å². The third-order valence-corrected chi connectivity index (χ3v) is 6.34. The standard InChI is InChI=1S/C22H34N2O2/c1-18-6-2-3-7-20(18)12-15-23-13-10-19(11-14-23)16-24(17-22(25)26)21-8-4-5-9-21/h2-3,6-7,19,21H,4-5,8-17H2,1H3,(H,25,26). The lowest BCUT2D eigenvalue weighted by Crippen LogP contribution is -2.44. The van der Waals surface area contributed by atoms with Crippen molar-refractivity contribution in [3.8, 4) is 0 Å². The zero-order chi connectivity index (χ0) is 18.4. The zero-order valence-electron chi connectivity index (χ0n) is 16.2. The van der Waals surface area contributed by atoms with Crippen LogP contribution in [0.2, 0.25) is 0 Å². The Hall–Kier alpha value is -1.39. The fraction of sp³-hybridized carbons (Fsp3) is 0.682. The fourth-order valence-electron chi connectivity index (χ4n) is 4.68. The number of rotatable bonds is 8. The van der Waals surface area contributed by atoms with Crippen molar-refractivity contribution in [1.82, 2.24) is 9.80 Å². The molecule has 1 saturated carbocycles. The molecule has 0 spiro atoms. The highest BCUT2D eigenvalue weighted by Crippen LogP contribution is 2.26. The molecule has 1 aliphatic carbocycles. The average Bonchev–Trinajstić information content (AvgIpc) is 3.16. The van der Waals surface area contributed by atoms with Gasteiger partial charge in [-0.2, -0.15) is 0 Å². The lowest BCUT2D eigenvalue weighted by molar-refractivity contribution is -0.139. The summed E-state index contributed by atoms with van der Waals surface area (Å²) in [6.07, 6.45) is 8.43. The number of benzene rings is 1. The minimum atomic E-state index is -0.674. The van der Waals surface area contributed by atoms with Crippen molar-refractivity contribution in [2.45, 2.75) is 57.9 Å². The van der Waals surface area contributed by atoms with Crippen LogP contribution < -0.4 is 0 Å². The van der Waals surface area contributed by atoms with Gasteiger partial charge in [-0.05, 0) is 69.2 Å². The lowest BCUT2D eigenvalue weighted by atomic mass is 9.95. The van der Waals surface area contributed by atoms with Crippen LogP contribution in [0, 0.1) is 12.8 Å². The highest BCUT2D eigenvalue weighted by molar-refractivity contribution is 5.69. The maximum atomic E-state index is 11.3. The third kappa shape index (κ3) is 5.55. The van der Waals surface area contributed by atoms with Gasteiger partial charge in [0.1, 0.15) is 0 Å². The molecule has 144 valence electrons. The number of carbonyl (C=O) groups is 1. The van der Waals surface area contributed by atoms with Gasteiger partial charge < -0.3 is 10.0 Å². The normalized spacial score (nSPS) is 20.1. The number of likely N-dealkylation sites (tertiary alicyclic amines) is 1. The molecule has 4 heteroatoms. The van der Waals surface area contributed by atoms with Crippen molar-refractivity contribution >= 4 is 5.97 Å². The summed E-state index contributed by atoms with van der Waals surface area (Å²) in [6.45, 7) is 6.84. The molecule has 3 rings (SSSR count). The van der Waals surface area contributed by atoms with E-state index in [1.165, 1.54) is 49.7 Å². The minimum absolute atomic E-state index is 0.220. The molecule has 1 heterocycles. The molecule has 0 aromatic heterocycles. The van der Waals surface area contributed by atoms with E-state index in [4.69, 9.17) is 0 Å². The fourth-order valence-corrected chi connectivity index (χ4v) is 4.68. The lowest BCUT2D eigenvalue weighted by Gasteiger charge is -2.36. The van der Waals surface area contributed by atoms with Crippen LogP contribution in [-0.2, 0) is 11.2 Å². The summed E-state index contributed by atoms with van der Waals surface area (Å²) in [5, 5.41) is 9.27. The Morgan fingerprint density at radius 2 is 1.85 bits per heavy atom. The Morgan fingerprint density at radius 1 is 1.15 bits per heavy atom. The van der Waals surface area contributed by atoms with Crippen LogP contribution in [0.1, 0.15) is 49.7 Å². The van der Waals surface area contributed by atoms with Crippen LogP contribution in [0.25, 0.3) is 0 Å². The molecule has 1 aromatic carbocycles. The number of hydrogen-bond donors (Lipinski definition) is 1. The van der Waals surface area contributed by atoms with Gasteiger partial charge in [-0.3, -0.25) is 9.69 Å². The van der Waals surface area contributed by atoms with E-state index in [1.54, 1.807) is 0 Å². The Labute approximate surface area is 158 Å². The summed E-state index contributed by atoms with van der Waals surface area (Å²) in [4.78, 5) is 16.1. The Balaban J connectivity index is 1.43. The van der Waals surface area contributed by atoms with Gasteiger partial charge in [-0.25, -0.2) is 0 Å². The molecular formula is C22H34N2O2. The van der Waals surface area contributed by atoms with Crippen LogP contribution in [0.4, 0.5) is 0 Å². The Morgan fingerprint density at radius 3 is 2.50 bits per heavy atom. The number of carboxylic acid groups (broad SMARTS) is 1. The van der Waals surface area contributed by atoms with Crippen LogP contribution >= 0.6 is 0 Å². The van der Waals surface area contributed by atoms with Crippen molar-refractivity contribution in [2.24, 2.45) is 5.92 Å². The first-order valence-corrected chi connectivity index (χ1v) is 10.3. The molecule has 0 atom stereocenters. The quantitative estimate of drug-likeness (QED) is 0.771. The number of aryl methyl sites for hydroxylation is 1. The second kappa shape index (κ2) is 9.52. The molecule has 0 unspecified atom stereocenters. The Kier molecular flexibility index (Phi) is 7.09. The van der Waals surface area contributed by atoms with E-state index in [0.717, 1.165) is 32.6 Å². The first kappa shape index (κ1) is 19.4. The van der Waals surface area contributed by atoms with Crippen molar-refractivity contribution in [3.63, 3.8) is 0 Å². The van der Waals surface area contributed by atoms with Gasteiger partial charge in [0.2, 0.25) is 0 Å². The van der Waals surface area contributed by atoms with Gasteiger partial charge in [-0.1, -0.05) is 37.1 Å². The van der Waals surface area contributed by atoms with Crippen LogP contribution in [0.5, 0.6) is 0 Å². The third-order valence-electron chi connectivity index (χ3n) is 6.34. The van der Waals surface area contributed by atoms with Gasteiger partial charge in [0.25, 0.3) is 0 Å². The minimum Gasteiger partial charge on any atom is -0.480 e. The average molecular weight is 359 g/mol. The second-order valence-electron chi connectivity index (χ2n) is 8.22. The molecule has 1 aromatic rings. The first-order valence-electron chi connectivity index (χ1n) is 10.3. The zero-order valence-corrected chi connectivity index (χ0v) is 16.2. The van der Waals surface area contributed by atoms with Crippen molar-refractivity contribution in [2.75, 3.05) is 32.7 Å². The molecule has 1 saturated heterocycles. The molecule has 1 N–H and O–H groups in total. The largest absolute Gasteiger partial charge is 0.480 e. The monoisotopic (exact) mass is 358 g/mol. The van der Waals surface area contributed by atoms with Gasteiger partial charge in [0.15, 0.2) is 0 Å². The first-order chi connectivity index (χ1) is 12.6. The molecule has 1 aliphatic heterocycles. The van der Waals surface area contributed by atoms with Gasteiger partial charge >= 0.3 is 5.97 Å². The van der Waals surface area contributed by atoms with E-state index in [-0.39, 0.29) is 6.54 Å². The molecule has 0 amide bonds. The maximum absolute atomic E-state index is 11.3. The highest BCUT2D eigenvalue weighted by atomic mass is 16.4. The smallest absolute Gasteiger partial charge is 0.317 e. The van der Waals surface area contributed by atoms with E-state index >= 15 is 0 Å². The molecule has 0 bridgehead atoms. The number of hydrogen-bond acceptors (Lipinski definition) is 3. The van der Waals surface area contributed by atoms with Crippen molar-refractivity contribution in [3.05, 3.63) is 35.4 Å². The molecule has 2 aliphatic rings. The van der Waals surface area contributed by atoms with Crippen molar-refractivity contribution < 1.29 is 9.90 Å². The number of nitrogens with zero attached hydrogens (tertiary/aromatic N) is 2. The van der Waals surface area contributed by atoms with Crippen LogP contribution in [0.15, 0.2) is 24.3 Å². The topological polar surface area (TPSA) is 43.8 Å². The van der Waals surface area contributed by atoms with Crippen LogP contribution in [0.3, 0.4) is 0 Å². The highest BCUT2D eigenvalue weighted by Gasteiger charge is 2.28. The maximum Gasteiger partial charge on any atom is 0.317 e. The van der Waals surface area contributed by atoms with Crippen LogP contribution in [-0.4, -0.2) is 59.6 Å². The number of aliphatic carboxylic acids is 1. The SMILES string of the molecule is Cc1ccccc1CCN1CCC(CN(CC(=O)O)C2CCCC2)CC1. The molecular weight excluding hydrogens is 324 g/mol.